The average molecular weight is 321 g/mol. The molecule has 0 radical (unpaired) electrons. The van der Waals surface area contributed by atoms with Crippen molar-refractivity contribution in [3.63, 3.8) is 0 Å². The van der Waals surface area contributed by atoms with E-state index in [1.165, 1.54) is 10.6 Å². The number of anilines is 1. The number of ether oxygens (including phenoxy) is 1. The Morgan fingerprint density at radius 1 is 1.36 bits per heavy atom. The third-order valence-electron chi connectivity index (χ3n) is 3.02. The van der Waals surface area contributed by atoms with Crippen molar-refractivity contribution in [3.8, 4) is 5.75 Å². The molecule has 0 saturated heterocycles. The van der Waals surface area contributed by atoms with Crippen molar-refractivity contribution in [3.05, 3.63) is 57.5 Å². The van der Waals surface area contributed by atoms with Gasteiger partial charge in [-0.3, -0.25) is 9.59 Å². The molecule has 1 N–H and O–H groups in total. The van der Waals surface area contributed by atoms with Crippen LogP contribution in [0.25, 0.3) is 0 Å². The lowest BCUT2D eigenvalue weighted by molar-refractivity contribution is 0.102. The van der Waals surface area contributed by atoms with E-state index in [1.807, 2.05) is 6.92 Å². The Kier molecular flexibility index (Phi) is 5.22. The molecule has 0 bridgehead atoms. The summed E-state index contributed by atoms with van der Waals surface area (Å²) in [7, 11) is 1.62. The van der Waals surface area contributed by atoms with Crippen molar-refractivity contribution in [1.29, 1.82) is 0 Å². The zero-order valence-electron chi connectivity index (χ0n) is 12.4. The van der Waals surface area contributed by atoms with E-state index >= 15 is 0 Å². The van der Waals surface area contributed by atoms with Crippen molar-refractivity contribution in [2.45, 2.75) is 13.3 Å². The van der Waals surface area contributed by atoms with Crippen LogP contribution in [0, 0.1) is 0 Å². The zero-order chi connectivity index (χ0) is 16.1. The van der Waals surface area contributed by atoms with Crippen molar-refractivity contribution in [1.82, 2.24) is 4.57 Å². The molecule has 1 aromatic heterocycles. The van der Waals surface area contributed by atoms with Crippen LogP contribution < -0.4 is 15.6 Å². The van der Waals surface area contributed by atoms with Gasteiger partial charge in [-0.15, -0.1) is 0 Å². The van der Waals surface area contributed by atoms with Crippen molar-refractivity contribution in [2.75, 3.05) is 11.9 Å². The molecule has 0 fully saturated rings. The van der Waals surface area contributed by atoms with Crippen LogP contribution in [0.15, 0.2) is 41.3 Å². The Morgan fingerprint density at radius 2 is 2.14 bits per heavy atom. The predicted octanol–water partition coefficient (Wildman–Crippen LogP) is 3.08. The first-order valence-electron chi connectivity index (χ1n) is 6.92. The fourth-order valence-corrected chi connectivity index (χ4v) is 2.07. The van der Waals surface area contributed by atoms with Gasteiger partial charge in [0.1, 0.15) is 11.4 Å². The molecule has 0 aliphatic rings. The molecule has 5 nitrogen and oxygen atoms in total. The van der Waals surface area contributed by atoms with Gasteiger partial charge in [-0.05, 0) is 36.8 Å². The SMILES string of the molecule is CCCOc1ccc(Cl)cc1C(=O)Nc1cccn(C)c1=O. The normalized spacial score (nSPS) is 10.3. The van der Waals surface area contributed by atoms with Crippen molar-refractivity contribution < 1.29 is 9.53 Å². The molecule has 1 heterocycles. The Hall–Kier alpha value is -2.27. The van der Waals surface area contributed by atoms with Crippen LogP contribution in [0.2, 0.25) is 5.02 Å². The lowest BCUT2D eigenvalue weighted by atomic mass is 10.2. The lowest BCUT2D eigenvalue weighted by Crippen LogP contribution is -2.24. The smallest absolute Gasteiger partial charge is 0.274 e. The summed E-state index contributed by atoms with van der Waals surface area (Å²) < 4.78 is 6.94. The summed E-state index contributed by atoms with van der Waals surface area (Å²) in [5, 5.41) is 3.03. The predicted molar refractivity (Wildman–Crippen MR) is 86.9 cm³/mol. The number of aryl methyl sites for hydroxylation is 1. The first-order valence-corrected chi connectivity index (χ1v) is 7.30. The largest absolute Gasteiger partial charge is 0.493 e. The second-order valence-corrected chi connectivity index (χ2v) is 5.22. The maximum Gasteiger partial charge on any atom is 0.274 e. The van der Waals surface area contributed by atoms with Gasteiger partial charge in [0, 0.05) is 18.3 Å². The fourth-order valence-electron chi connectivity index (χ4n) is 1.90. The molecule has 1 amide bonds. The molecule has 22 heavy (non-hydrogen) atoms. The van der Waals surface area contributed by atoms with Gasteiger partial charge in [0.2, 0.25) is 0 Å². The molecule has 0 atom stereocenters. The first-order chi connectivity index (χ1) is 10.5. The van der Waals surface area contributed by atoms with E-state index in [0.29, 0.717) is 22.9 Å². The molecule has 2 rings (SSSR count). The highest BCUT2D eigenvalue weighted by Gasteiger charge is 2.15. The number of pyridine rings is 1. The van der Waals surface area contributed by atoms with Gasteiger partial charge < -0.3 is 14.6 Å². The number of nitrogens with one attached hydrogen (secondary N) is 1. The minimum Gasteiger partial charge on any atom is -0.493 e. The number of halogens is 1. The summed E-state index contributed by atoms with van der Waals surface area (Å²) in [5.74, 6) is 0.00779. The maximum absolute atomic E-state index is 12.4. The van der Waals surface area contributed by atoms with Gasteiger partial charge in [0.25, 0.3) is 11.5 Å². The number of rotatable bonds is 5. The summed E-state index contributed by atoms with van der Waals surface area (Å²) in [5.41, 5.74) is 0.220. The van der Waals surface area contributed by atoms with Crippen molar-refractivity contribution >= 4 is 23.2 Å². The van der Waals surface area contributed by atoms with E-state index in [4.69, 9.17) is 16.3 Å². The first kappa shape index (κ1) is 16.1. The number of benzene rings is 1. The minimum absolute atomic E-state index is 0.205. The number of aromatic nitrogens is 1. The maximum atomic E-state index is 12.4. The second kappa shape index (κ2) is 7.13. The highest BCUT2D eigenvalue weighted by molar-refractivity contribution is 6.31. The van der Waals surface area contributed by atoms with Gasteiger partial charge in [-0.2, -0.15) is 0 Å². The summed E-state index contributed by atoms with van der Waals surface area (Å²) in [6.45, 7) is 2.47. The van der Waals surface area contributed by atoms with Gasteiger partial charge in [0.05, 0.1) is 12.2 Å². The second-order valence-electron chi connectivity index (χ2n) is 4.78. The summed E-state index contributed by atoms with van der Waals surface area (Å²) >= 11 is 5.95. The molecule has 0 aliphatic heterocycles. The van der Waals surface area contributed by atoms with Gasteiger partial charge in [-0.1, -0.05) is 18.5 Å². The standard InChI is InChI=1S/C16H17ClN2O3/c1-3-9-22-14-7-6-11(17)10-12(14)15(20)18-13-5-4-8-19(2)16(13)21/h4-8,10H,3,9H2,1-2H3,(H,18,20). The van der Waals surface area contributed by atoms with Gasteiger partial charge in [-0.25, -0.2) is 0 Å². The molecule has 2 aromatic rings. The molecule has 116 valence electrons. The minimum atomic E-state index is -0.433. The lowest BCUT2D eigenvalue weighted by Gasteiger charge is -2.12. The number of hydrogen-bond acceptors (Lipinski definition) is 3. The van der Waals surface area contributed by atoms with Crippen LogP contribution in [0.3, 0.4) is 0 Å². The highest BCUT2D eigenvalue weighted by Crippen LogP contribution is 2.24. The molecular weight excluding hydrogens is 304 g/mol. The molecule has 0 spiro atoms. The van der Waals surface area contributed by atoms with Crippen LogP contribution in [-0.4, -0.2) is 17.1 Å². The topological polar surface area (TPSA) is 60.3 Å². The van der Waals surface area contributed by atoms with E-state index in [0.717, 1.165) is 6.42 Å². The Labute approximate surface area is 133 Å². The van der Waals surface area contributed by atoms with Crippen LogP contribution in [0.1, 0.15) is 23.7 Å². The van der Waals surface area contributed by atoms with Gasteiger partial charge in [0.15, 0.2) is 0 Å². The number of amides is 1. The van der Waals surface area contributed by atoms with Crippen LogP contribution in [0.5, 0.6) is 5.75 Å². The number of nitrogens with zero attached hydrogens (tertiary/aromatic N) is 1. The van der Waals surface area contributed by atoms with E-state index in [1.54, 1.807) is 37.5 Å². The molecular formula is C16H17ClN2O3. The quantitative estimate of drug-likeness (QED) is 0.921. The van der Waals surface area contributed by atoms with E-state index < -0.39 is 5.91 Å². The molecule has 0 saturated carbocycles. The Balaban J connectivity index is 2.30. The fraction of sp³-hybridized carbons (Fsp3) is 0.250. The highest BCUT2D eigenvalue weighted by atomic mass is 35.5. The Bertz CT molecular complexity index is 740. The zero-order valence-corrected chi connectivity index (χ0v) is 13.2. The molecule has 0 unspecified atom stereocenters. The number of carbonyl (C=O) groups is 1. The summed E-state index contributed by atoms with van der Waals surface area (Å²) in [6, 6.07) is 8.07. The van der Waals surface area contributed by atoms with Crippen LogP contribution in [0.4, 0.5) is 5.69 Å². The third-order valence-corrected chi connectivity index (χ3v) is 3.25. The van der Waals surface area contributed by atoms with E-state index in [-0.39, 0.29) is 11.2 Å². The summed E-state index contributed by atoms with van der Waals surface area (Å²) in [4.78, 5) is 24.4. The number of hydrogen-bond donors (Lipinski definition) is 1. The van der Waals surface area contributed by atoms with E-state index in [2.05, 4.69) is 5.32 Å². The van der Waals surface area contributed by atoms with Crippen LogP contribution in [-0.2, 0) is 7.05 Å². The average Bonchev–Trinajstić information content (AvgIpc) is 2.50. The number of carbonyl (C=O) groups excluding carboxylic acids is 1. The monoisotopic (exact) mass is 320 g/mol. The third kappa shape index (κ3) is 3.68. The molecule has 0 aliphatic carbocycles. The molecule has 1 aromatic carbocycles. The van der Waals surface area contributed by atoms with Crippen LogP contribution >= 0.6 is 11.6 Å². The van der Waals surface area contributed by atoms with Gasteiger partial charge >= 0.3 is 0 Å². The van der Waals surface area contributed by atoms with Crippen molar-refractivity contribution in [2.24, 2.45) is 7.05 Å². The van der Waals surface area contributed by atoms with E-state index in [9.17, 15) is 9.59 Å². The Morgan fingerprint density at radius 3 is 2.86 bits per heavy atom. The summed E-state index contributed by atoms with van der Waals surface area (Å²) in [6.07, 6.45) is 2.44. The molecule has 6 heteroatoms.